The molecule has 3 aromatic rings. The van der Waals surface area contributed by atoms with Crippen LogP contribution in [0.15, 0.2) is 48.9 Å². The number of pyridine rings is 1. The predicted octanol–water partition coefficient (Wildman–Crippen LogP) is 4.21. The number of hydrogen-bond acceptors (Lipinski definition) is 4. The highest BCUT2D eigenvalue weighted by Gasteiger charge is 2.12. The highest BCUT2D eigenvalue weighted by molar-refractivity contribution is 5.95. The summed E-state index contributed by atoms with van der Waals surface area (Å²) < 4.78 is 0. The molecule has 138 valence electrons. The maximum absolute atomic E-state index is 12.7. The zero-order chi connectivity index (χ0) is 19.4. The number of benzene rings is 1. The first-order valence-corrected chi connectivity index (χ1v) is 9.06. The van der Waals surface area contributed by atoms with Crippen LogP contribution in [0.2, 0.25) is 0 Å². The first-order chi connectivity index (χ1) is 12.9. The molecular formula is C22H24N4O. The Balaban J connectivity index is 1.85. The Kier molecular flexibility index (Phi) is 5.60. The lowest BCUT2D eigenvalue weighted by molar-refractivity contribution is 0.0950. The summed E-state index contributed by atoms with van der Waals surface area (Å²) in [5.41, 5.74) is 6.23. The van der Waals surface area contributed by atoms with Crippen LogP contribution in [0.1, 0.15) is 52.6 Å². The topological polar surface area (TPSA) is 67.8 Å². The molecule has 0 atom stereocenters. The van der Waals surface area contributed by atoms with Crippen molar-refractivity contribution in [1.29, 1.82) is 0 Å². The summed E-state index contributed by atoms with van der Waals surface area (Å²) in [6.45, 7) is 8.47. The van der Waals surface area contributed by atoms with Gasteiger partial charge in [0.15, 0.2) is 0 Å². The molecule has 1 aromatic carbocycles. The number of carbonyl (C=O) groups excluding carboxylic acids is 1. The van der Waals surface area contributed by atoms with Gasteiger partial charge in [-0.1, -0.05) is 19.9 Å². The molecule has 0 saturated heterocycles. The third-order valence-electron chi connectivity index (χ3n) is 4.36. The van der Waals surface area contributed by atoms with Crippen molar-refractivity contribution >= 4 is 5.91 Å². The van der Waals surface area contributed by atoms with E-state index in [0.29, 0.717) is 18.0 Å². The lowest BCUT2D eigenvalue weighted by atomic mass is 9.96. The molecule has 3 rings (SSSR count). The Morgan fingerprint density at radius 2 is 1.81 bits per heavy atom. The van der Waals surface area contributed by atoms with Crippen LogP contribution in [0.3, 0.4) is 0 Å². The Morgan fingerprint density at radius 1 is 1.00 bits per heavy atom. The third-order valence-corrected chi connectivity index (χ3v) is 4.36. The maximum Gasteiger partial charge on any atom is 0.251 e. The van der Waals surface area contributed by atoms with Crippen molar-refractivity contribution in [3.63, 3.8) is 0 Å². The van der Waals surface area contributed by atoms with Gasteiger partial charge in [0.2, 0.25) is 0 Å². The molecule has 2 heterocycles. The van der Waals surface area contributed by atoms with E-state index in [2.05, 4.69) is 40.2 Å². The van der Waals surface area contributed by atoms with E-state index in [1.54, 1.807) is 12.4 Å². The smallest absolute Gasteiger partial charge is 0.251 e. The summed E-state index contributed by atoms with van der Waals surface area (Å²) in [4.78, 5) is 25.7. The van der Waals surface area contributed by atoms with Gasteiger partial charge in [-0.05, 0) is 55.2 Å². The van der Waals surface area contributed by atoms with Gasteiger partial charge in [0.25, 0.3) is 5.91 Å². The molecule has 0 saturated carbocycles. The molecule has 2 aromatic heterocycles. The van der Waals surface area contributed by atoms with Gasteiger partial charge in [-0.3, -0.25) is 19.7 Å². The van der Waals surface area contributed by atoms with E-state index in [-0.39, 0.29) is 5.91 Å². The summed E-state index contributed by atoms with van der Waals surface area (Å²) in [5, 5.41) is 2.93. The molecule has 1 amide bonds. The van der Waals surface area contributed by atoms with Gasteiger partial charge < -0.3 is 5.32 Å². The minimum atomic E-state index is -0.131. The first-order valence-electron chi connectivity index (χ1n) is 9.06. The minimum absolute atomic E-state index is 0.131. The number of aromatic nitrogens is 3. The second kappa shape index (κ2) is 8.08. The summed E-state index contributed by atoms with van der Waals surface area (Å²) >= 11 is 0. The van der Waals surface area contributed by atoms with E-state index in [9.17, 15) is 4.79 Å². The molecule has 0 aliphatic carbocycles. The van der Waals surface area contributed by atoms with Gasteiger partial charge in [-0.2, -0.15) is 0 Å². The number of aryl methyl sites for hydroxylation is 2. The molecular weight excluding hydrogens is 336 g/mol. The van der Waals surface area contributed by atoms with Crippen molar-refractivity contribution in [3.8, 4) is 11.3 Å². The van der Waals surface area contributed by atoms with Crippen LogP contribution < -0.4 is 5.32 Å². The largest absolute Gasteiger partial charge is 0.346 e. The van der Waals surface area contributed by atoms with Crippen molar-refractivity contribution < 1.29 is 4.79 Å². The van der Waals surface area contributed by atoms with Crippen LogP contribution in [0.5, 0.6) is 0 Å². The normalized spacial score (nSPS) is 10.9. The standard InChI is InChI=1S/C22H24N4O/c1-14(2)17-7-18(21-6-5-15(3)10-25-21)9-19(8-17)22(27)26-13-20-12-23-16(4)11-24-20/h5-12,14H,13H2,1-4H3,(H,26,27). The van der Waals surface area contributed by atoms with Gasteiger partial charge in [-0.25, -0.2) is 0 Å². The number of rotatable bonds is 5. The zero-order valence-corrected chi connectivity index (χ0v) is 16.2. The summed E-state index contributed by atoms with van der Waals surface area (Å²) in [5.74, 6) is 0.179. The Hall–Kier alpha value is -3.08. The van der Waals surface area contributed by atoms with Gasteiger partial charge >= 0.3 is 0 Å². The fourth-order valence-electron chi connectivity index (χ4n) is 2.69. The van der Waals surface area contributed by atoms with E-state index >= 15 is 0 Å². The number of amides is 1. The number of nitrogens with zero attached hydrogens (tertiary/aromatic N) is 3. The van der Waals surface area contributed by atoms with Crippen LogP contribution in [0.4, 0.5) is 0 Å². The van der Waals surface area contributed by atoms with E-state index in [1.807, 2.05) is 44.3 Å². The lowest BCUT2D eigenvalue weighted by Crippen LogP contribution is -2.23. The summed E-state index contributed by atoms with van der Waals surface area (Å²) in [6, 6.07) is 9.95. The minimum Gasteiger partial charge on any atom is -0.346 e. The number of hydrogen-bond donors (Lipinski definition) is 1. The van der Waals surface area contributed by atoms with E-state index < -0.39 is 0 Å². The second-order valence-electron chi connectivity index (χ2n) is 7.05. The van der Waals surface area contributed by atoms with Crippen LogP contribution in [-0.4, -0.2) is 20.9 Å². The molecule has 0 unspecified atom stereocenters. The van der Waals surface area contributed by atoms with E-state index in [1.165, 1.54) is 0 Å². The SMILES string of the molecule is Cc1ccc(-c2cc(C(=O)NCc3cnc(C)cn3)cc(C(C)C)c2)nc1. The summed E-state index contributed by atoms with van der Waals surface area (Å²) in [6.07, 6.45) is 5.22. The summed E-state index contributed by atoms with van der Waals surface area (Å²) in [7, 11) is 0. The maximum atomic E-state index is 12.7. The Bertz CT molecular complexity index is 932. The molecule has 0 aliphatic heterocycles. The van der Waals surface area contributed by atoms with Crippen LogP contribution >= 0.6 is 0 Å². The molecule has 0 bridgehead atoms. The molecule has 5 heteroatoms. The van der Waals surface area contributed by atoms with Crippen LogP contribution in [0, 0.1) is 13.8 Å². The predicted molar refractivity (Wildman–Crippen MR) is 106 cm³/mol. The molecule has 0 radical (unpaired) electrons. The quantitative estimate of drug-likeness (QED) is 0.740. The fraction of sp³-hybridized carbons (Fsp3) is 0.273. The first kappa shape index (κ1) is 18.7. The zero-order valence-electron chi connectivity index (χ0n) is 16.2. The van der Waals surface area contributed by atoms with Gasteiger partial charge in [0.1, 0.15) is 0 Å². The molecule has 27 heavy (non-hydrogen) atoms. The molecule has 0 spiro atoms. The monoisotopic (exact) mass is 360 g/mol. The average molecular weight is 360 g/mol. The Labute approximate surface area is 159 Å². The molecule has 0 fully saturated rings. The van der Waals surface area contributed by atoms with Crippen molar-refractivity contribution in [2.75, 3.05) is 0 Å². The highest BCUT2D eigenvalue weighted by atomic mass is 16.1. The average Bonchev–Trinajstić information content (AvgIpc) is 2.67. The van der Waals surface area contributed by atoms with Crippen molar-refractivity contribution in [2.45, 2.75) is 40.2 Å². The molecule has 1 N–H and O–H groups in total. The van der Waals surface area contributed by atoms with Gasteiger partial charge in [0, 0.05) is 23.5 Å². The van der Waals surface area contributed by atoms with E-state index in [4.69, 9.17) is 0 Å². The van der Waals surface area contributed by atoms with Crippen molar-refractivity contribution in [2.24, 2.45) is 0 Å². The second-order valence-corrected chi connectivity index (χ2v) is 7.05. The van der Waals surface area contributed by atoms with Crippen LogP contribution in [-0.2, 0) is 6.54 Å². The number of carbonyl (C=O) groups is 1. The van der Waals surface area contributed by atoms with Crippen LogP contribution in [0.25, 0.3) is 11.3 Å². The highest BCUT2D eigenvalue weighted by Crippen LogP contribution is 2.25. The number of nitrogens with one attached hydrogen (secondary N) is 1. The van der Waals surface area contributed by atoms with Gasteiger partial charge in [0.05, 0.1) is 29.8 Å². The van der Waals surface area contributed by atoms with Crippen molar-refractivity contribution in [1.82, 2.24) is 20.3 Å². The molecule has 0 aliphatic rings. The fourth-order valence-corrected chi connectivity index (χ4v) is 2.69. The van der Waals surface area contributed by atoms with E-state index in [0.717, 1.165) is 33.8 Å². The Morgan fingerprint density at radius 3 is 2.44 bits per heavy atom. The molecule has 5 nitrogen and oxygen atoms in total. The third kappa shape index (κ3) is 4.76. The van der Waals surface area contributed by atoms with Gasteiger partial charge in [-0.15, -0.1) is 0 Å². The van der Waals surface area contributed by atoms with Crippen molar-refractivity contribution in [3.05, 3.63) is 77.0 Å². The lowest BCUT2D eigenvalue weighted by Gasteiger charge is -2.12.